The predicted octanol–water partition coefficient (Wildman–Crippen LogP) is 4.21. The van der Waals surface area contributed by atoms with Crippen molar-refractivity contribution in [2.24, 2.45) is 0 Å². The van der Waals surface area contributed by atoms with E-state index in [1.807, 2.05) is 42.5 Å². The summed E-state index contributed by atoms with van der Waals surface area (Å²) in [5.41, 5.74) is 3.21. The lowest BCUT2D eigenvalue weighted by molar-refractivity contribution is 0.0908. The number of nitrogens with one attached hydrogen (secondary N) is 1. The molecule has 7 heteroatoms. The van der Waals surface area contributed by atoms with Crippen LogP contribution in [0.3, 0.4) is 0 Å². The highest BCUT2D eigenvalue weighted by Crippen LogP contribution is 2.40. The van der Waals surface area contributed by atoms with Crippen molar-refractivity contribution in [2.45, 2.75) is 58.1 Å². The molecule has 0 bridgehead atoms. The number of aromatic nitrogens is 3. The van der Waals surface area contributed by atoms with Gasteiger partial charge in [0.05, 0.1) is 24.4 Å². The number of nitrogens with zero attached hydrogens (tertiary/aromatic N) is 3. The molecule has 1 saturated carbocycles. The molecule has 7 nitrogen and oxygen atoms in total. The fourth-order valence-corrected chi connectivity index (χ4v) is 3.73. The summed E-state index contributed by atoms with van der Waals surface area (Å²) in [7, 11) is 1.65. The van der Waals surface area contributed by atoms with Crippen LogP contribution < -0.4 is 10.1 Å². The van der Waals surface area contributed by atoms with Crippen LogP contribution in [0.5, 0.6) is 5.75 Å². The van der Waals surface area contributed by atoms with Crippen LogP contribution in [0.1, 0.15) is 73.4 Å². The average Bonchev–Trinajstić information content (AvgIpc) is 3.50. The van der Waals surface area contributed by atoms with Gasteiger partial charge in [0.25, 0.3) is 5.91 Å². The zero-order valence-corrected chi connectivity index (χ0v) is 18.6. The highest BCUT2D eigenvalue weighted by Gasteiger charge is 2.30. The molecule has 2 aromatic heterocycles. The number of rotatable bonds is 9. The summed E-state index contributed by atoms with van der Waals surface area (Å²) in [6.45, 7) is 7.08. The van der Waals surface area contributed by atoms with E-state index in [4.69, 9.17) is 9.47 Å². The third kappa shape index (κ3) is 4.56. The van der Waals surface area contributed by atoms with Gasteiger partial charge in [-0.2, -0.15) is 0 Å². The zero-order valence-electron chi connectivity index (χ0n) is 18.6. The van der Waals surface area contributed by atoms with Crippen molar-refractivity contribution < 1.29 is 14.3 Å². The van der Waals surface area contributed by atoms with Gasteiger partial charge in [-0.1, -0.05) is 19.1 Å². The molecule has 0 aliphatic heterocycles. The van der Waals surface area contributed by atoms with Gasteiger partial charge in [0.15, 0.2) is 11.3 Å². The van der Waals surface area contributed by atoms with Crippen molar-refractivity contribution in [3.63, 3.8) is 0 Å². The fraction of sp³-hybridized carbons (Fsp3) is 0.458. The Morgan fingerprint density at radius 3 is 2.81 bits per heavy atom. The summed E-state index contributed by atoms with van der Waals surface area (Å²) in [5, 5.41) is 3.12. The largest absolute Gasteiger partial charge is 0.494 e. The zero-order chi connectivity index (χ0) is 22.0. The van der Waals surface area contributed by atoms with Gasteiger partial charge < -0.3 is 14.8 Å². The van der Waals surface area contributed by atoms with E-state index in [0.29, 0.717) is 30.5 Å². The second-order valence-electron chi connectivity index (χ2n) is 8.62. The smallest absolute Gasteiger partial charge is 0.274 e. The summed E-state index contributed by atoms with van der Waals surface area (Å²) < 4.78 is 13.0. The van der Waals surface area contributed by atoms with Gasteiger partial charge in [-0.05, 0) is 62.8 Å². The third-order valence-electron chi connectivity index (χ3n) is 5.54. The fourth-order valence-electron chi connectivity index (χ4n) is 3.73. The molecule has 0 spiro atoms. The van der Waals surface area contributed by atoms with Gasteiger partial charge in [-0.25, -0.2) is 9.97 Å². The normalized spacial score (nSPS) is 14.1. The molecule has 1 amide bonds. The average molecular weight is 423 g/mol. The van der Waals surface area contributed by atoms with Crippen LogP contribution in [-0.4, -0.2) is 34.0 Å². The minimum absolute atomic E-state index is 0.254. The van der Waals surface area contributed by atoms with Crippen LogP contribution in [-0.2, 0) is 16.9 Å². The Morgan fingerprint density at radius 2 is 2.10 bits per heavy atom. The first kappa shape index (κ1) is 21.3. The van der Waals surface area contributed by atoms with Crippen LogP contribution >= 0.6 is 0 Å². The minimum Gasteiger partial charge on any atom is -0.494 e. The molecule has 1 aromatic carbocycles. The van der Waals surface area contributed by atoms with Crippen LogP contribution in [0.4, 0.5) is 0 Å². The van der Waals surface area contributed by atoms with E-state index in [0.717, 1.165) is 42.0 Å². The number of ether oxygens (including phenoxy) is 2. The molecule has 1 aliphatic carbocycles. The summed E-state index contributed by atoms with van der Waals surface area (Å²) in [6.07, 6.45) is 4.94. The molecule has 4 rings (SSSR count). The Morgan fingerprint density at radius 1 is 1.29 bits per heavy atom. The van der Waals surface area contributed by atoms with Crippen LogP contribution in [0, 0.1) is 0 Å². The first-order valence-corrected chi connectivity index (χ1v) is 10.8. The SMILES string of the molecule is CCCOc1cccc(C(C)(C)NC(=O)c2ncn3c(C4CC4)cc(COC)nc23)c1. The number of carbonyl (C=O) groups excluding carboxylic acids is 1. The first-order chi connectivity index (χ1) is 14.9. The number of fused-ring (bicyclic) bond motifs is 1. The lowest BCUT2D eigenvalue weighted by Crippen LogP contribution is -2.41. The molecule has 1 fully saturated rings. The van der Waals surface area contributed by atoms with Crippen LogP contribution in [0.15, 0.2) is 36.7 Å². The van der Waals surface area contributed by atoms with E-state index >= 15 is 0 Å². The molecule has 164 valence electrons. The quantitative estimate of drug-likeness (QED) is 0.559. The van der Waals surface area contributed by atoms with Crippen molar-refractivity contribution in [3.05, 3.63) is 59.3 Å². The predicted molar refractivity (Wildman–Crippen MR) is 118 cm³/mol. The molecule has 1 aliphatic rings. The van der Waals surface area contributed by atoms with Gasteiger partial charge in [0.2, 0.25) is 0 Å². The van der Waals surface area contributed by atoms with E-state index in [1.54, 1.807) is 13.4 Å². The Balaban J connectivity index is 1.62. The maximum Gasteiger partial charge on any atom is 0.274 e. The standard InChI is InChI=1S/C24H30N4O3/c1-5-11-31-19-8-6-7-17(12-19)24(2,3)27-23(29)21-22-26-18(14-30-4)13-20(16-9-10-16)28(22)15-25-21/h6-8,12-13,15-16H,5,9-11,14H2,1-4H3,(H,27,29). The molecule has 31 heavy (non-hydrogen) atoms. The molecule has 0 radical (unpaired) electrons. The molecule has 0 saturated heterocycles. The molecule has 3 aromatic rings. The monoisotopic (exact) mass is 422 g/mol. The number of hydrogen-bond acceptors (Lipinski definition) is 5. The molecular formula is C24H30N4O3. The summed E-state index contributed by atoms with van der Waals surface area (Å²) in [5.74, 6) is 1.04. The second kappa shape index (κ2) is 8.67. The third-order valence-corrected chi connectivity index (χ3v) is 5.54. The molecule has 0 atom stereocenters. The van der Waals surface area contributed by atoms with E-state index < -0.39 is 5.54 Å². The van der Waals surface area contributed by atoms with Gasteiger partial charge in [-0.3, -0.25) is 9.20 Å². The van der Waals surface area contributed by atoms with Gasteiger partial charge in [0.1, 0.15) is 12.1 Å². The number of benzene rings is 1. The number of carbonyl (C=O) groups is 1. The summed E-state index contributed by atoms with van der Waals surface area (Å²) in [6, 6.07) is 9.90. The number of methoxy groups -OCH3 is 1. The van der Waals surface area contributed by atoms with E-state index in [2.05, 4.69) is 28.3 Å². The lowest BCUT2D eigenvalue weighted by Gasteiger charge is -2.27. The molecule has 1 N–H and O–H groups in total. The topological polar surface area (TPSA) is 77.8 Å². The lowest BCUT2D eigenvalue weighted by atomic mass is 9.94. The molecular weight excluding hydrogens is 392 g/mol. The Bertz CT molecular complexity index is 1090. The number of amides is 1. The Kier molecular flexibility index (Phi) is 5.96. The highest BCUT2D eigenvalue weighted by molar-refractivity contribution is 5.98. The maximum atomic E-state index is 13.2. The minimum atomic E-state index is -0.609. The number of imidazole rings is 1. The maximum absolute atomic E-state index is 13.2. The van der Waals surface area contributed by atoms with Crippen molar-refractivity contribution in [3.8, 4) is 5.75 Å². The van der Waals surface area contributed by atoms with Crippen LogP contribution in [0.25, 0.3) is 5.65 Å². The number of hydrogen-bond donors (Lipinski definition) is 1. The van der Waals surface area contributed by atoms with Crippen LogP contribution in [0.2, 0.25) is 0 Å². The van der Waals surface area contributed by atoms with Gasteiger partial charge in [0, 0.05) is 12.8 Å². The van der Waals surface area contributed by atoms with Crippen molar-refractivity contribution in [2.75, 3.05) is 13.7 Å². The van der Waals surface area contributed by atoms with E-state index in [-0.39, 0.29) is 5.91 Å². The van der Waals surface area contributed by atoms with Crippen molar-refractivity contribution >= 4 is 11.6 Å². The van der Waals surface area contributed by atoms with Gasteiger partial charge in [-0.15, -0.1) is 0 Å². The van der Waals surface area contributed by atoms with Crippen molar-refractivity contribution in [1.29, 1.82) is 0 Å². The summed E-state index contributed by atoms with van der Waals surface area (Å²) in [4.78, 5) is 22.3. The highest BCUT2D eigenvalue weighted by atomic mass is 16.5. The first-order valence-electron chi connectivity index (χ1n) is 10.8. The second-order valence-corrected chi connectivity index (χ2v) is 8.62. The summed E-state index contributed by atoms with van der Waals surface area (Å²) >= 11 is 0. The van der Waals surface area contributed by atoms with Crippen molar-refractivity contribution in [1.82, 2.24) is 19.7 Å². The van der Waals surface area contributed by atoms with Gasteiger partial charge >= 0.3 is 0 Å². The Hall–Kier alpha value is -2.93. The van der Waals surface area contributed by atoms with E-state index in [1.165, 1.54) is 0 Å². The molecule has 2 heterocycles. The van der Waals surface area contributed by atoms with E-state index in [9.17, 15) is 4.79 Å². The molecule has 0 unspecified atom stereocenters. The Labute approximate surface area is 182 Å².